The summed E-state index contributed by atoms with van der Waals surface area (Å²) in [4.78, 5) is 36.8. The second-order valence-electron chi connectivity index (χ2n) is 8.21. The van der Waals surface area contributed by atoms with E-state index in [1.165, 1.54) is 0 Å². The lowest BCUT2D eigenvalue weighted by atomic mass is 9.78. The van der Waals surface area contributed by atoms with Crippen molar-refractivity contribution in [2.45, 2.75) is 51.4 Å². The molecule has 1 fully saturated rings. The molecule has 1 aromatic rings. The van der Waals surface area contributed by atoms with Crippen LogP contribution in [0.5, 0.6) is 11.5 Å². The molecule has 1 aliphatic carbocycles. The fraction of sp³-hybridized carbons (Fsp3) is 0.591. The van der Waals surface area contributed by atoms with Gasteiger partial charge in [-0.2, -0.15) is 0 Å². The molecular weight excluding hydrogens is 388 g/mol. The Hall–Kier alpha value is -2.77. The Labute approximate surface area is 176 Å². The number of fused-ring (bicyclic) bond motifs is 1. The van der Waals surface area contributed by atoms with E-state index in [1.807, 2.05) is 32.0 Å². The van der Waals surface area contributed by atoms with Gasteiger partial charge < -0.3 is 19.5 Å². The lowest BCUT2D eigenvalue weighted by Crippen LogP contribution is -2.43. The smallest absolute Gasteiger partial charge is 0.321 e. The zero-order chi connectivity index (χ0) is 21.6. The molecule has 3 rings (SSSR count). The molecule has 0 bridgehead atoms. The first-order valence-electron chi connectivity index (χ1n) is 10.6. The van der Waals surface area contributed by atoms with Crippen molar-refractivity contribution in [3.05, 3.63) is 23.8 Å². The summed E-state index contributed by atoms with van der Waals surface area (Å²) >= 11 is 0. The van der Waals surface area contributed by atoms with E-state index in [0.29, 0.717) is 50.0 Å². The number of benzene rings is 1. The fourth-order valence-corrected chi connectivity index (χ4v) is 3.88. The summed E-state index contributed by atoms with van der Waals surface area (Å²) < 4.78 is 16.5. The molecule has 0 aromatic heterocycles. The fourth-order valence-electron chi connectivity index (χ4n) is 3.88. The van der Waals surface area contributed by atoms with E-state index in [4.69, 9.17) is 14.2 Å². The number of urea groups is 1. The van der Waals surface area contributed by atoms with E-state index in [2.05, 4.69) is 10.6 Å². The molecule has 8 nitrogen and oxygen atoms in total. The molecule has 3 amide bonds. The zero-order valence-corrected chi connectivity index (χ0v) is 17.6. The van der Waals surface area contributed by atoms with Crippen LogP contribution in [-0.4, -0.2) is 44.3 Å². The minimum atomic E-state index is -0.810. The van der Waals surface area contributed by atoms with Crippen molar-refractivity contribution in [2.24, 2.45) is 5.92 Å². The highest BCUT2D eigenvalue weighted by Crippen LogP contribution is 2.45. The third kappa shape index (κ3) is 5.23. The summed E-state index contributed by atoms with van der Waals surface area (Å²) in [5.41, 5.74) is -0.00332. The minimum Gasteiger partial charge on any atom is -0.486 e. The molecule has 1 heterocycles. The zero-order valence-electron chi connectivity index (χ0n) is 17.6. The van der Waals surface area contributed by atoms with Gasteiger partial charge in [0, 0.05) is 6.54 Å². The van der Waals surface area contributed by atoms with Crippen LogP contribution in [0.4, 0.5) is 4.79 Å². The number of carbonyl (C=O) groups is 3. The Morgan fingerprint density at radius 2 is 1.80 bits per heavy atom. The molecule has 0 unspecified atom stereocenters. The Morgan fingerprint density at radius 3 is 2.50 bits per heavy atom. The van der Waals surface area contributed by atoms with Crippen molar-refractivity contribution < 1.29 is 28.6 Å². The predicted octanol–water partition coefficient (Wildman–Crippen LogP) is 2.68. The molecule has 1 aromatic carbocycles. The average molecular weight is 418 g/mol. The number of rotatable bonds is 7. The molecule has 0 atom stereocenters. The summed E-state index contributed by atoms with van der Waals surface area (Å²) in [6.45, 7) is 5.04. The van der Waals surface area contributed by atoms with Gasteiger partial charge in [0.2, 0.25) is 0 Å². The maximum absolute atomic E-state index is 13.0. The molecule has 30 heavy (non-hydrogen) atoms. The maximum Gasteiger partial charge on any atom is 0.321 e. The molecule has 8 heteroatoms. The summed E-state index contributed by atoms with van der Waals surface area (Å²) in [5, 5.41) is 4.80. The van der Waals surface area contributed by atoms with E-state index in [9.17, 15) is 14.4 Å². The van der Waals surface area contributed by atoms with Crippen molar-refractivity contribution >= 4 is 17.9 Å². The van der Waals surface area contributed by atoms with Crippen molar-refractivity contribution in [3.8, 4) is 11.5 Å². The Morgan fingerprint density at radius 1 is 1.10 bits per heavy atom. The molecule has 1 saturated carbocycles. The minimum absolute atomic E-state index is 0.449. The lowest BCUT2D eigenvalue weighted by Gasteiger charge is -2.28. The van der Waals surface area contributed by atoms with Crippen molar-refractivity contribution in [2.75, 3.05) is 26.4 Å². The highest BCUT2D eigenvalue weighted by Gasteiger charge is 2.45. The molecule has 164 valence electrons. The summed E-state index contributed by atoms with van der Waals surface area (Å²) in [5.74, 6) is 0.626. The van der Waals surface area contributed by atoms with Gasteiger partial charge in [-0.3, -0.25) is 14.9 Å². The summed E-state index contributed by atoms with van der Waals surface area (Å²) in [6, 6.07) is 4.93. The number of imide groups is 1. The number of carbonyl (C=O) groups excluding carboxylic acids is 3. The topological polar surface area (TPSA) is 103 Å². The van der Waals surface area contributed by atoms with E-state index >= 15 is 0 Å². The van der Waals surface area contributed by atoms with Crippen LogP contribution < -0.4 is 20.1 Å². The van der Waals surface area contributed by atoms with Crippen LogP contribution in [0, 0.1) is 5.92 Å². The van der Waals surface area contributed by atoms with E-state index < -0.39 is 29.9 Å². The first-order valence-corrected chi connectivity index (χ1v) is 10.6. The third-order valence-corrected chi connectivity index (χ3v) is 5.54. The average Bonchev–Trinajstić information content (AvgIpc) is 3.22. The van der Waals surface area contributed by atoms with Crippen LogP contribution >= 0.6 is 0 Å². The Bertz CT molecular complexity index is 786. The summed E-state index contributed by atoms with van der Waals surface area (Å²) in [6.07, 6.45) is 3.89. The van der Waals surface area contributed by atoms with Gasteiger partial charge in [0.05, 0.1) is 5.41 Å². The van der Waals surface area contributed by atoms with Gasteiger partial charge in [0.25, 0.3) is 5.91 Å². The van der Waals surface area contributed by atoms with Crippen molar-refractivity contribution in [1.29, 1.82) is 0 Å². The van der Waals surface area contributed by atoms with E-state index in [0.717, 1.165) is 24.8 Å². The standard InChI is InChI=1S/C22H30N2O6/c1-15(2)7-10-23-21(27)24-19(25)14-30-20(26)22(8-3-4-9-22)16-5-6-17-18(13-16)29-12-11-28-17/h5-6,13,15H,3-4,7-12,14H2,1-2H3,(H2,23,24,25,27). The molecule has 0 saturated heterocycles. The third-order valence-electron chi connectivity index (χ3n) is 5.54. The second-order valence-corrected chi connectivity index (χ2v) is 8.21. The lowest BCUT2D eigenvalue weighted by molar-refractivity contribution is -0.154. The quantitative estimate of drug-likeness (QED) is 0.660. The van der Waals surface area contributed by atoms with Crippen LogP contribution in [0.15, 0.2) is 18.2 Å². The van der Waals surface area contributed by atoms with Crippen LogP contribution in [0.25, 0.3) is 0 Å². The van der Waals surface area contributed by atoms with E-state index in [-0.39, 0.29) is 0 Å². The van der Waals surface area contributed by atoms with Gasteiger partial charge in [-0.25, -0.2) is 4.79 Å². The van der Waals surface area contributed by atoms with Gasteiger partial charge in [0.15, 0.2) is 18.1 Å². The van der Waals surface area contributed by atoms with Gasteiger partial charge in [-0.15, -0.1) is 0 Å². The number of hydrogen-bond donors (Lipinski definition) is 2. The number of hydrogen-bond acceptors (Lipinski definition) is 6. The molecule has 2 aliphatic rings. The molecule has 0 radical (unpaired) electrons. The monoisotopic (exact) mass is 418 g/mol. The van der Waals surface area contributed by atoms with Crippen LogP contribution in [0.3, 0.4) is 0 Å². The number of ether oxygens (including phenoxy) is 3. The maximum atomic E-state index is 13.0. The van der Waals surface area contributed by atoms with Gasteiger partial charge in [-0.1, -0.05) is 32.8 Å². The number of nitrogens with one attached hydrogen (secondary N) is 2. The first-order chi connectivity index (χ1) is 14.4. The normalized spacial score (nSPS) is 16.8. The molecular formula is C22H30N2O6. The first kappa shape index (κ1) is 21.9. The largest absolute Gasteiger partial charge is 0.486 e. The van der Waals surface area contributed by atoms with Gasteiger partial charge in [0.1, 0.15) is 13.2 Å². The highest BCUT2D eigenvalue weighted by atomic mass is 16.6. The van der Waals surface area contributed by atoms with E-state index in [1.54, 1.807) is 0 Å². The van der Waals surface area contributed by atoms with Crippen LogP contribution in [0.2, 0.25) is 0 Å². The SMILES string of the molecule is CC(C)CCNC(=O)NC(=O)COC(=O)C1(c2ccc3c(c2)OCCO3)CCCC1. The number of esters is 1. The predicted molar refractivity (Wildman–Crippen MR) is 110 cm³/mol. The van der Waals surface area contributed by atoms with Gasteiger partial charge >= 0.3 is 12.0 Å². The molecule has 2 N–H and O–H groups in total. The van der Waals surface area contributed by atoms with Crippen LogP contribution in [0.1, 0.15) is 51.5 Å². The number of amides is 3. The second kappa shape index (κ2) is 9.82. The van der Waals surface area contributed by atoms with Crippen LogP contribution in [-0.2, 0) is 19.7 Å². The highest BCUT2D eigenvalue weighted by molar-refractivity contribution is 5.96. The Kier molecular flexibility index (Phi) is 7.18. The van der Waals surface area contributed by atoms with Crippen molar-refractivity contribution in [3.63, 3.8) is 0 Å². The van der Waals surface area contributed by atoms with Crippen molar-refractivity contribution in [1.82, 2.24) is 10.6 Å². The summed E-state index contributed by atoms with van der Waals surface area (Å²) in [7, 11) is 0. The molecule has 1 aliphatic heterocycles. The molecule has 0 spiro atoms. The Balaban J connectivity index is 1.58. The van der Waals surface area contributed by atoms with Gasteiger partial charge in [-0.05, 0) is 42.9 Å².